The summed E-state index contributed by atoms with van der Waals surface area (Å²) in [6, 6.07) is 16.5. The van der Waals surface area contributed by atoms with Crippen molar-refractivity contribution < 1.29 is 4.79 Å². The maximum atomic E-state index is 12.5. The van der Waals surface area contributed by atoms with E-state index >= 15 is 0 Å². The lowest BCUT2D eigenvalue weighted by molar-refractivity contribution is 0.0964. The quantitative estimate of drug-likeness (QED) is 0.598. The molecule has 3 aromatic rings. The monoisotopic (exact) mass is 389 g/mol. The van der Waals surface area contributed by atoms with Crippen LogP contribution < -0.4 is 0 Å². The van der Waals surface area contributed by atoms with Gasteiger partial charge in [0, 0.05) is 17.1 Å². The van der Waals surface area contributed by atoms with Gasteiger partial charge in [0.15, 0.2) is 5.78 Å². The minimum atomic E-state index is 0.162. The number of rotatable bonds is 7. The van der Waals surface area contributed by atoms with Crippen molar-refractivity contribution in [3.05, 3.63) is 93.6 Å². The van der Waals surface area contributed by atoms with E-state index in [-0.39, 0.29) is 5.78 Å². The third kappa shape index (κ3) is 4.49. The van der Waals surface area contributed by atoms with Crippen LogP contribution in [0.15, 0.2) is 66.9 Å². The van der Waals surface area contributed by atoms with Crippen LogP contribution in [0.1, 0.15) is 31.5 Å². The van der Waals surface area contributed by atoms with Crippen LogP contribution in [0.5, 0.6) is 0 Å². The number of benzene rings is 1. The number of thiophene rings is 1. The van der Waals surface area contributed by atoms with Crippen molar-refractivity contribution in [2.45, 2.75) is 19.8 Å². The molecule has 0 radical (unpaired) electrons. The molecule has 0 fully saturated rings. The smallest absolute Gasteiger partial charge is 0.191 e. The predicted molar refractivity (Wildman–Crippen MR) is 115 cm³/mol. The second-order valence-electron chi connectivity index (χ2n) is 7.04. The topological polar surface area (TPSA) is 49.0 Å². The Morgan fingerprint density at radius 1 is 1.18 bits per heavy atom. The summed E-state index contributed by atoms with van der Waals surface area (Å²) in [6.07, 6.45) is 7.96. The molecule has 0 aliphatic carbocycles. The van der Waals surface area contributed by atoms with E-state index in [1.165, 1.54) is 5.56 Å². The zero-order valence-electron chi connectivity index (χ0n) is 15.9. The molecule has 1 N–H and O–H groups in total. The van der Waals surface area contributed by atoms with E-state index in [0.717, 1.165) is 39.6 Å². The van der Waals surface area contributed by atoms with Crippen molar-refractivity contribution in [1.82, 2.24) is 15.1 Å². The molecule has 142 valence electrons. The molecule has 0 spiro atoms. The van der Waals surface area contributed by atoms with Crippen LogP contribution in [-0.2, 0) is 12.8 Å². The van der Waals surface area contributed by atoms with Crippen LogP contribution in [0, 0.1) is 6.92 Å². The molecule has 0 unspecified atom stereocenters. The number of nitrogens with zero attached hydrogens (tertiary/aromatic N) is 2. The van der Waals surface area contributed by atoms with E-state index in [1.807, 2.05) is 42.3 Å². The number of carbonyl (C=O) groups excluding carboxylic acids is 1. The summed E-state index contributed by atoms with van der Waals surface area (Å²) in [5, 5.41) is 7.65. The van der Waals surface area contributed by atoms with E-state index in [1.54, 1.807) is 11.3 Å². The van der Waals surface area contributed by atoms with Gasteiger partial charge in [0.1, 0.15) is 0 Å². The molecule has 5 heteroatoms. The summed E-state index contributed by atoms with van der Waals surface area (Å²) in [5.74, 6) is 0.162. The predicted octanol–water partition coefficient (Wildman–Crippen LogP) is 4.66. The standard InChI is InChI=1S/C23H23N3OS/c1-17-9-12-23(28-17)22(27)16-26-13-5-8-19(15-26)21-14-20(24-25-21)11-10-18-6-3-2-4-7-18/h2-9,12-14H,10-11,15-16H2,1H3,(H,24,25). The van der Waals surface area contributed by atoms with E-state index in [9.17, 15) is 4.79 Å². The summed E-state index contributed by atoms with van der Waals surface area (Å²) in [6.45, 7) is 3.10. The fraction of sp³-hybridized carbons (Fsp3) is 0.217. The Labute approximate surface area is 169 Å². The summed E-state index contributed by atoms with van der Waals surface area (Å²) >= 11 is 1.56. The number of H-pyrrole nitrogens is 1. The lowest BCUT2D eigenvalue weighted by atomic mass is 10.1. The van der Waals surface area contributed by atoms with Gasteiger partial charge in [0.05, 0.1) is 17.1 Å². The molecule has 0 amide bonds. The third-order valence-corrected chi connectivity index (χ3v) is 5.86. The second kappa shape index (κ2) is 8.40. The van der Waals surface area contributed by atoms with E-state index in [0.29, 0.717) is 13.1 Å². The number of ketones is 1. The Balaban J connectivity index is 1.36. The van der Waals surface area contributed by atoms with E-state index in [2.05, 4.69) is 46.6 Å². The Morgan fingerprint density at radius 3 is 2.82 bits per heavy atom. The van der Waals surface area contributed by atoms with Crippen LogP contribution in [-0.4, -0.2) is 34.0 Å². The highest BCUT2D eigenvalue weighted by Gasteiger charge is 2.17. The van der Waals surface area contributed by atoms with Crippen LogP contribution in [0.3, 0.4) is 0 Å². The number of aromatic nitrogens is 2. The average molecular weight is 390 g/mol. The Hall–Kier alpha value is -2.92. The summed E-state index contributed by atoms with van der Waals surface area (Å²) in [4.78, 5) is 16.5. The Kier molecular flexibility index (Phi) is 5.53. The lowest BCUT2D eigenvalue weighted by Crippen LogP contribution is -2.27. The highest BCUT2D eigenvalue weighted by molar-refractivity contribution is 7.14. The third-order valence-electron chi connectivity index (χ3n) is 4.82. The van der Waals surface area contributed by atoms with Crippen molar-refractivity contribution in [1.29, 1.82) is 0 Å². The van der Waals surface area contributed by atoms with Gasteiger partial charge in [-0.15, -0.1) is 11.3 Å². The van der Waals surface area contributed by atoms with Gasteiger partial charge in [0.25, 0.3) is 0 Å². The molecule has 1 aliphatic heterocycles. The molecule has 0 saturated heterocycles. The first-order valence-corrected chi connectivity index (χ1v) is 10.3. The molecule has 4 rings (SSSR count). The molecule has 28 heavy (non-hydrogen) atoms. The lowest BCUT2D eigenvalue weighted by Gasteiger charge is -2.23. The average Bonchev–Trinajstić information content (AvgIpc) is 3.37. The maximum Gasteiger partial charge on any atom is 0.191 e. The highest BCUT2D eigenvalue weighted by Crippen LogP contribution is 2.21. The number of hydrogen-bond acceptors (Lipinski definition) is 4. The maximum absolute atomic E-state index is 12.5. The molecular weight excluding hydrogens is 366 g/mol. The van der Waals surface area contributed by atoms with Crippen LogP contribution in [0.25, 0.3) is 5.57 Å². The highest BCUT2D eigenvalue weighted by atomic mass is 32.1. The SMILES string of the molecule is Cc1ccc(C(=O)CN2C=CC=C(c3cc(CCc4ccccc4)[nH]n3)C2)s1. The minimum Gasteiger partial charge on any atom is -0.365 e. The normalized spacial score (nSPS) is 13.6. The molecule has 2 aromatic heterocycles. The number of hydrogen-bond donors (Lipinski definition) is 1. The van der Waals surface area contributed by atoms with Gasteiger partial charge < -0.3 is 4.90 Å². The Morgan fingerprint density at radius 2 is 2.04 bits per heavy atom. The first-order valence-electron chi connectivity index (χ1n) is 9.47. The largest absolute Gasteiger partial charge is 0.365 e. The van der Waals surface area contributed by atoms with Gasteiger partial charge in [0.2, 0.25) is 0 Å². The molecule has 1 aliphatic rings. The summed E-state index contributed by atoms with van der Waals surface area (Å²) < 4.78 is 0. The minimum absolute atomic E-state index is 0.162. The first-order chi connectivity index (χ1) is 13.7. The van der Waals surface area contributed by atoms with Crippen molar-refractivity contribution in [3.63, 3.8) is 0 Å². The van der Waals surface area contributed by atoms with Crippen molar-refractivity contribution in [2.24, 2.45) is 0 Å². The second-order valence-corrected chi connectivity index (χ2v) is 8.32. The first kappa shape index (κ1) is 18.4. The van der Waals surface area contributed by atoms with Crippen molar-refractivity contribution >= 4 is 22.7 Å². The van der Waals surface area contributed by atoms with Crippen LogP contribution in [0.4, 0.5) is 0 Å². The molecule has 1 aromatic carbocycles. The van der Waals surface area contributed by atoms with Gasteiger partial charge in [-0.2, -0.15) is 5.10 Å². The van der Waals surface area contributed by atoms with Crippen molar-refractivity contribution in [3.8, 4) is 0 Å². The molecule has 0 saturated carbocycles. The van der Waals surface area contributed by atoms with Crippen LogP contribution in [0.2, 0.25) is 0 Å². The fourth-order valence-corrected chi connectivity index (χ4v) is 4.10. The number of Topliss-reactive ketones (excluding diaryl/α,β-unsaturated/α-hetero) is 1. The number of carbonyl (C=O) groups is 1. The zero-order chi connectivity index (χ0) is 19.3. The van der Waals surface area contributed by atoms with E-state index in [4.69, 9.17) is 0 Å². The van der Waals surface area contributed by atoms with Gasteiger partial charge in [-0.1, -0.05) is 36.4 Å². The number of allylic oxidation sites excluding steroid dienone is 2. The van der Waals surface area contributed by atoms with Crippen LogP contribution >= 0.6 is 11.3 Å². The number of aryl methyl sites for hydroxylation is 3. The summed E-state index contributed by atoms with van der Waals surface area (Å²) in [7, 11) is 0. The van der Waals surface area contributed by atoms with Gasteiger partial charge >= 0.3 is 0 Å². The van der Waals surface area contributed by atoms with E-state index < -0.39 is 0 Å². The Bertz CT molecular complexity index is 1010. The fourth-order valence-electron chi connectivity index (χ4n) is 3.30. The molecular formula is C23H23N3OS. The molecule has 3 heterocycles. The van der Waals surface area contributed by atoms with Gasteiger partial charge in [-0.05, 0) is 61.4 Å². The molecule has 0 bridgehead atoms. The van der Waals surface area contributed by atoms with Gasteiger partial charge in [-0.3, -0.25) is 9.89 Å². The van der Waals surface area contributed by atoms with Crippen molar-refractivity contribution in [2.75, 3.05) is 13.1 Å². The number of aromatic amines is 1. The summed E-state index contributed by atoms with van der Waals surface area (Å²) in [5.41, 5.74) is 4.54. The van der Waals surface area contributed by atoms with Gasteiger partial charge in [-0.25, -0.2) is 0 Å². The molecule has 0 atom stereocenters. The molecule has 4 nitrogen and oxygen atoms in total. The zero-order valence-corrected chi connectivity index (χ0v) is 16.7. The number of nitrogens with one attached hydrogen (secondary N) is 1.